The van der Waals surface area contributed by atoms with Gasteiger partial charge in [-0.3, -0.25) is 10.1 Å². The first-order chi connectivity index (χ1) is 12.4. The minimum atomic E-state index is -0.360. The quantitative estimate of drug-likeness (QED) is 0.912. The van der Waals surface area contributed by atoms with E-state index in [0.29, 0.717) is 12.1 Å². The molecule has 5 heteroatoms. The zero-order valence-electron chi connectivity index (χ0n) is 15.8. The van der Waals surface area contributed by atoms with Crippen LogP contribution in [0, 0.1) is 5.82 Å². The number of carbonyl (C=O) groups excluding carboxylic acids is 1. The molecule has 1 aliphatic rings. The molecule has 3 rings (SSSR count). The number of nitrogens with zero attached hydrogens (tertiary/aromatic N) is 2. The van der Waals surface area contributed by atoms with Gasteiger partial charge in [0.05, 0.1) is 12.6 Å². The van der Waals surface area contributed by atoms with E-state index in [2.05, 4.69) is 29.3 Å². The van der Waals surface area contributed by atoms with Crippen LogP contribution in [0.25, 0.3) is 0 Å². The van der Waals surface area contributed by atoms with E-state index < -0.39 is 0 Å². The molecule has 1 N–H and O–H groups in total. The number of rotatable bonds is 4. The summed E-state index contributed by atoms with van der Waals surface area (Å²) in [5.74, 6) is -0.264. The molecule has 0 aliphatic carbocycles. The second-order valence-corrected chi connectivity index (χ2v) is 6.93. The lowest BCUT2D eigenvalue weighted by molar-refractivity contribution is -0.117. The standard InChI is InChI=1S/C21H26FN3O/c1-5-25-19-11-10-15(14(2)24(3)4)12-17(19)21(23-13-20(25)26)16-8-6-7-9-18(16)22/h6-12,14,21,23H,5,13H2,1-4H3. The van der Waals surface area contributed by atoms with Crippen molar-refractivity contribution < 1.29 is 9.18 Å². The summed E-state index contributed by atoms with van der Waals surface area (Å²) in [7, 11) is 4.07. The van der Waals surface area contributed by atoms with Crippen LogP contribution >= 0.6 is 0 Å². The Bertz CT molecular complexity index is 806. The van der Waals surface area contributed by atoms with Crippen molar-refractivity contribution in [2.75, 3.05) is 32.1 Å². The van der Waals surface area contributed by atoms with E-state index >= 15 is 0 Å². The van der Waals surface area contributed by atoms with Crippen LogP contribution in [0.2, 0.25) is 0 Å². The second-order valence-electron chi connectivity index (χ2n) is 6.93. The Labute approximate surface area is 154 Å². The third-order valence-corrected chi connectivity index (χ3v) is 5.20. The molecule has 2 aromatic carbocycles. The van der Waals surface area contributed by atoms with Gasteiger partial charge in [-0.15, -0.1) is 0 Å². The third kappa shape index (κ3) is 3.37. The van der Waals surface area contributed by atoms with E-state index in [1.165, 1.54) is 6.07 Å². The van der Waals surface area contributed by atoms with Crippen LogP contribution < -0.4 is 10.2 Å². The molecule has 2 aromatic rings. The molecule has 1 amide bonds. The van der Waals surface area contributed by atoms with Crippen molar-refractivity contribution in [2.24, 2.45) is 0 Å². The number of benzene rings is 2. The van der Waals surface area contributed by atoms with Crippen molar-refractivity contribution in [3.63, 3.8) is 0 Å². The first-order valence-corrected chi connectivity index (χ1v) is 9.02. The monoisotopic (exact) mass is 355 g/mol. The summed E-state index contributed by atoms with van der Waals surface area (Å²) in [6.45, 7) is 4.86. The fraction of sp³-hybridized carbons (Fsp3) is 0.381. The zero-order valence-corrected chi connectivity index (χ0v) is 15.8. The number of hydrogen-bond donors (Lipinski definition) is 1. The molecule has 0 saturated heterocycles. The first-order valence-electron chi connectivity index (χ1n) is 9.02. The topological polar surface area (TPSA) is 35.6 Å². The minimum absolute atomic E-state index is 0.000923. The molecule has 1 aliphatic heterocycles. The fourth-order valence-electron chi connectivity index (χ4n) is 3.47. The summed E-state index contributed by atoms with van der Waals surface area (Å²) < 4.78 is 14.5. The molecule has 0 saturated carbocycles. The number of anilines is 1. The fourth-order valence-corrected chi connectivity index (χ4v) is 3.47. The minimum Gasteiger partial charge on any atom is -0.311 e. The summed E-state index contributed by atoms with van der Waals surface area (Å²) in [4.78, 5) is 16.5. The largest absolute Gasteiger partial charge is 0.311 e. The van der Waals surface area contributed by atoms with E-state index in [0.717, 1.165) is 16.8 Å². The third-order valence-electron chi connectivity index (χ3n) is 5.20. The van der Waals surface area contributed by atoms with Gasteiger partial charge in [0.25, 0.3) is 0 Å². The molecule has 1 heterocycles. The second kappa shape index (κ2) is 7.56. The molecule has 2 atom stereocenters. The van der Waals surface area contributed by atoms with E-state index in [9.17, 15) is 9.18 Å². The number of amides is 1. The Balaban J connectivity index is 2.18. The average Bonchev–Trinajstić information content (AvgIpc) is 2.77. The highest BCUT2D eigenvalue weighted by Crippen LogP contribution is 2.36. The molecular weight excluding hydrogens is 329 g/mol. The Hall–Kier alpha value is -2.24. The lowest BCUT2D eigenvalue weighted by atomic mass is 9.93. The molecule has 0 aromatic heterocycles. The molecule has 0 spiro atoms. The maximum atomic E-state index is 14.5. The summed E-state index contributed by atoms with van der Waals surface area (Å²) in [6.07, 6.45) is 0. The van der Waals surface area contributed by atoms with Crippen LogP contribution in [0.3, 0.4) is 0 Å². The van der Waals surface area contributed by atoms with Crippen LogP contribution in [-0.4, -0.2) is 38.0 Å². The molecule has 26 heavy (non-hydrogen) atoms. The average molecular weight is 355 g/mol. The van der Waals surface area contributed by atoms with Gasteiger partial charge >= 0.3 is 0 Å². The summed E-state index contributed by atoms with van der Waals surface area (Å²) in [6, 6.07) is 12.8. The lowest BCUT2D eigenvalue weighted by Crippen LogP contribution is -2.36. The van der Waals surface area contributed by atoms with Crippen LogP contribution in [0.1, 0.15) is 42.6 Å². The summed E-state index contributed by atoms with van der Waals surface area (Å²) >= 11 is 0. The normalized spacial score (nSPS) is 18.6. The van der Waals surface area contributed by atoms with E-state index in [-0.39, 0.29) is 30.4 Å². The van der Waals surface area contributed by atoms with Crippen molar-refractivity contribution in [3.8, 4) is 0 Å². The molecular formula is C21H26FN3O. The number of halogens is 1. The van der Waals surface area contributed by atoms with E-state index in [1.54, 1.807) is 17.0 Å². The predicted molar refractivity (Wildman–Crippen MR) is 103 cm³/mol. The van der Waals surface area contributed by atoms with Gasteiger partial charge in [0.15, 0.2) is 0 Å². The zero-order chi connectivity index (χ0) is 18.8. The molecule has 4 nitrogen and oxygen atoms in total. The maximum absolute atomic E-state index is 14.5. The highest BCUT2D eigenvalue weighted by Gasteiger charge is 2.29. The van der Waals surface area contributed by atoms with Crippen LogP contribution in [-0.2, 0) is 4.79 Å². The number of nitrogens with one attached hydrogen (secondary N) is 1. The van der Waals surface area contributed by atoms with Gasteiger partial charge in [-0.25, -0.2) is 4.39 Å². The first kappa shape index (κ1) is 18.5. The van der Waals surface area contributed by atoms with Crippen LogP contribution in [0.5, 0.6) is 0 Å². The summed E-state index contributed by atoms with van der Waals surface area (Å²) in [5.41, 5.74) is 3.50. The van der Waals surface area contributed by atoms with Crippen molar-refractivity contribution >= 4 is 11.6 Å². The van der Waals surface area contributed by atoms with E-state index in [4.69, 9.17) is 0 Å². The van der Waals surface area contributed by atoms with Gasteiger partial charge in [-0.05, 0) is 51.2 Å². The molecule has 0 fully saturated rings. The van der Waals surface area contributed by atoms with E-state index in [1.807, 2.05) is 33.2 Å². The van der Waals surface area contributed by atoms with Gasteiger partial charge in [-0.1, -0.05) is 30.3 Å². The number of carbonyl (C=O) groups is 1. The Kier molecular flexibility index (Phi) is 5.39. The molecule has 2 unspecified atom stereocenters. The molecule has 0 bridgehead atoms. The molecule has 0 radical (unpaired) electrons. The predicted octanol–water partition coefficient (Wildman–Crippen LogP) is 3.49. The van der Waals surface area contributed by atoms with Gasteiger partial charge in [0.1, 0.15) is 5.82 Å². The van der Waals surface area contributed by atoms with Crippen molar-refractivity contribution in [1.29, 1.82) is 0 Å². The van der Waals surface area contributed by atoms with Crippen LogP contribution in [0.15, 0.2) is 42.5 Å². The SMILES string of the molecule is CCN1C(=O)CNC(c2ccccc2F)c2cc(C(C)N(C)C)ccc21. The van der Waals surface area contributed by atoms with Gasteiger partial charge in [0, 0.05) is 23.8 Å². The maximum Gasteiger partial charge on any atom is 0.240 e. The number of likely N-dealkylation sites (N-methyl/N-ethyl adjacent to an activating group) is 1. The van der Waals surface area contributed by atoms with Crippen molar-refractivity contribution in [1.82, 2.24) is 10.2 Å². The Morgan fingerprint density at radius 2 is 1.96 bits per heavy atom. The number of fused-ring (bicyclic) bond motifs is 1. The van der Waals surface area contributed by atoms with Gasteiger partial charge in [0.2, 0.25) is 5.91 Å². The smallest absolute Gasteiger partial charge is 0.240 e. The van der Waals surface area contributed by atoms with Crippen molar-refractivity contribution in [2.45, 2.75) is 25.9 Å². The molecule has 138 valence electrons. The van der Waals surface area contributed by atoms with Gasteiger partial charge < -0.3 is 9.80 Å². The Morgan fingerprint density at radius 1 is 1.23 bits per heavy atom. The lowest BCUT2D eigenvalue weighted by Gasteiger charge is -2.26. The summed E-state index contributed by atoms with van der Waals surface area (Å²) in [5, 5.41) is 3.26. The highest BCUT2D eigenvalue weighted by atomic mass is 19.1. The van der Waals surface area contributed by atoms with Crippen molar-refractivity contribution in [3.05, 3.63) is 65.0 Å². The highest BCUT2D eigenvalue weighted by molar-refractivity contribution is 5.96. The van der Waals surface area contributed by atoms with Crippen LogP contribution in [0.4, 0.5) is 10.1 Å². The Morgan fingerprint density at radius 3 is 2.62 bits per heavy atom. The van der Waals surface area contributed by atoms with Gasteiger partial charge in [-0.2, -0.15) is 0 Å². The number of hydrogen-bond acceptors (Lipinski definition) is 3.